The zero-order chi connectivity index (χ0) is 21.3. The molecule has 4 aromatic carbocycles. The monoisotopic (exact) mass is 442 g/mol. The van der Waals surface area contributed by atoms with Gasteiger partial charge in [-0.15, -0.1) is 12.4 Å². The van der Waals surface area contributed by atoms with Crippen molar-refractivity contribution in [3.63, 3.8) is 0 Å². The maximum absolute atomic E-state index is 12.3. The summed E-state index contributed by atoms with van der Waals surface area (Å²) < 4.78 is 0. The molecule has 1 aliphatic carbocycles. The Hall–Kier alpha value is -3.14. The first kappa shape index (κ1) is 22.1. The lowest BCUT2D eigenvalue weighted by Crippen LogP contribution is -2.27. The highest BCUT2D eigenvalue weighted by Crippen LogP contribution is 2.51. The Bertz CT molecular complexity index is 1220. The van der Waals surface area contributed by atoms with Crippen LogP contribution >= 0.6 is 12.4 Å². The zero-order valence-electron chi connectivity index (χ0n) is 17.8. The maximum atomic E-state index is 12.3. The number of fused-ring (bicyclic) bond motifs is 1. The van der Waals surface area contributed by atoms with Crippen molar-refractivity contribution in [2.75, 3.05) is 5.32 Å². The summed E-state index contributed by atoms with van der Waals surface area (Å²) in [5.74, 6) is 0.350. The van der Waals surface area contributed by atoms with E-state index in [1.54, 1.807) is 0 Å². The third kappa shape index (κ3) is 4.85. The molecule has 0 spiro atoms. The summed E-state index contributed by atoms with van der Waals surface area (Å²) in [5.41, 5.74) is 10.9. The lowest BCUT2D eigenvalue weighted by atomic mass is 9.97. The first-order chi connectivity index (χ1) is 15.1. The van der Waals surface area contributed by atoms with Crippen LogP contribution in [-0.2, 0) is 17.6 Å². The summed E-state index contributed by atoms with van der Waals surface area (Å²) in [7, 11) is 0. The molecule has 0 bridgehead atoms. The Morgan fingerprint density at radius 3 is 2.28 bits per heavy atom. The number of benzene rings is 4. The molecule has 0 saturated heterocycles. The summed E-state index contributed by atoms with van der Waals surface area (Å²) in [6.45, 7) is 0. The minimum Gasteiger partial charge on any atom is -0.326 e. The lowest BCUT2D eigenvalue weighted by Gasteiger charge is -2.13. The predicted octanol–water partition coefficient (Wildman–Crippen LogP) is 5.87. The molecule has 1 saturated carbocycles. The van der Waals surface area contributed by atoms with Crippen molar-refractivity contribution in [3.05, 3.63) is 114 Å². The van der Waals surface area contributed by atoms with Gasteiger partial charge in [-0.3, -0.25) is 4.79 Å². The summed E-state index contributed by atoms with van der Waals surface area (Å²) in [6, 6.07) is 33.0. The molecule has 0 radical (unpaired) electrons. The number of nitrogens with one attached hydrogen (secondary N) is 1. The molecule has 32 heavy (non-hydrogen) atoms. The van der Waals surface area contributed by atoms with Crippen LogP contribution in [-0.4, -0.2) is 11.4 Å². The Morgan fingerprint density at radius 1 is 0.844 bits per heavy atom. The van der Waals surface area contributed by atoms with Crippen molar-refractivity contribution in [1.82, 2.24) is 0 Å². The van der Waals surface area contributed by atoms with Crippen molar-refractivity contribution in [2.45, 2.75) is 30.7 Å². The number of anilines is 1. The van der Waals surface area contributed by atoms with Crippen LogP contribution in [0.15, 0.2) is 97.1 Å². The fourth-order valence-corrected chi connectivity index (χ4v) is 4.48. The van der Waals surface area contributed by atoms with Gasteiger partial charge in [0.1, 0.15) is 0 Å². The van der Waals surface area contributed by atoms with Gasteiger partial charge in [0.25, 0.3) is 0 Å². The first-order valence-electron chi connectivity index (χ1n) is 10.8. The van der Waals surface area contributed by atoms with E-state index in [0.29, 0.717) is 12.3 Å². The summed E-state index contributed by atoms with van der Waals surface area (Å²) >= 11 is 0. The fourth-order valence-electron chi connectivity index (χ4n) is 4.48. The number of hydrogen-bond acceptors (Lipinski definition) is 2. The van der Waals surface area contributed by atoms with Crippen LogP contribution < -0.4 is 11.1 Å². The molecular formula is C28H27ClN2O. The van der Waals surface area contributed by atoms with Crippen LogP contribution in [0.5, 0.6) is 0 Å². The van der Waals surface area contributed by atoms with Gasteiger partial charge in [0.15, 0.2) is 0 Å². The van der Waals surface area contributed by atoms with E-state index >= 15 is 0 Å². The molecule has 5 rings (SSSR count). The third-order valence-corrected chi connectivity index (χ3v) is 6.27. The van der Waals surface area contributed by atoms with Crippen LogP contribution in [0.2, 0.25) is 0 Å². The number of nitrogens with two attached hydrogens (primary N) is 1. The number of rotatable bonds is 6. The molecule has 4 aromatic rings. The molecule has 2 atom stereocenters. The molecule has 3 N–H and O–H groups in total. The van der Waals surface area contributed by atoms with Crippen molar-refractivity contribution in [3.8, 4) is 0 Å². The molecule has 4 heteroatoms. The van der Waals surface area contributed by atoms with E-state index in [4.69, 9.17) is 5.73 Å². The largest absolute Gasteiger partial charge is 0.326 e. The summed E-state index contributed by atoms with van der Waals surface area (Å²) in [6.07, 6.45) is 2.24. The number of carbonyl (C=O) groups is 1. The molecule has 0 aromatic heterocycles. The highest BCUT2D eigenvalue weighted by Gasteiger charge is 2.51. The van der Waals surface area contributed by atoms with Gasteiger partial charge >= 0.3 is 0 Å². The van der Waals surface area contributed by atoms with E-state index in [-0.39, 0.29) is 23.9 Å². The lowest BCUT2D eigenvalue weighted by molar-refractivity contribution is -0.115. The van der Waals surface area contributed by atoms with Crippen LogP contribution in [0, 0.1) is 0 Å². The molecule has 0 aliphatic heterocycles. The number of amides is 1. The average Bonchev–Trinajstić information content (AvgIpc) is 3.45. The van der Waals surface area contributed by atoms with Crippen molar-refractivity contribution in [1.29, 1.82) is 0 Å². The number of halogens is 1. The average molecular weight is 443 g/mol. The highest BCUT2D eigenvalue weighted by atomic mass is 35.5. The molecule has 162 valence electrons. The Labute approximate surface area is 195 Å². The summed E-state index contributed by atoms with van der Waals surface area (Å²) in [5, 5.41) is 5.50. The molecule has 0 heterocycles. The topological polar surface area (TPSA) is 55.1 Å². The predicted molar refractivity (Wildman–Crippen MR) is 134 cm³/mol. The van der Waals surface area contributed by atoms with E-state index in [0.717, 1.165) is 24.1 Å². The first-order valence-corrected chi connectivity index (χ1v) is 10.8. The van der Waals surface area contributed by atoms with Gasteiger partial charge in [-0.2, -0.15) is 0 Å². The van der Waals surface area contributed by atoms with Gasteiger partial charge in [-0.25, -0.2) is 0 Å². The van der Waals surface area contributed by atoms with E-state index in [2.05, 4.69) is 59.9 Å². The van der Waals surface area contributed by atoms with Gasteiger partial charge < -0.3 is 11.1 Å². The van der Waals surface area contributed by atoms with Crippen LogP contribution in [0.4, 0.5) is 5.69 Å². The molecular weight excluding hydrogens is 416 g/mol. The maximum Gasteiger partial charge on any atom is 0.228 e. The van der Waals surface area contributed by atoms with Crippen LogP contribution in [0.3, 0.4) is 0 Å². The Morgan fingerprint density at radius 2 is 1.53 bits per heavy atom. The molecule has 1 aliphatic rings. The van der Waals surface area contributed by atoms with Crippen molar-refractivity contribution >= 4 is 34.8 Å². The standard InChI is InChI=1S/C28H26N2O.ClH/c29-28(18-21-10-11-22-8-4-5-9-24(22)16-21)19-26(28)23-12-14-25(15-13-23)30-27(31)17-20-6-2-1-3-7-20;/h1-16,26H,17-19,29H2,(H,30,31);1H/t26-,28-;/m0./s1. The normalized spacial score (nSPS) is 19.2. The fraction of sp³-hybridized carbons (Fsp3) is 0.179. The Kier molecular flexibility index (Phi) is 6.31. The smallest absolute Gasteiger partial charge is 0.228 e. The van der Waals surface area contributed by atoms with E-state index < -0.39 is 0 Å². The summed E-state index contributed by atoms with van der Waals surface area (Å²) in [4.78, 5) is 12.3. The van der Waals surface area contributed by atoms with Gasteiger partial charge in [0.05, 0.1) is 6.42 Å². The Balaban J connectivity index is 0.00000245. The highest BCUT2D eigenvalue weighted by molar-refractivity contribution is 5.92. The van der Waals surface area contributed by atoms with Crippen molar-refractivity contribution < 1.29 is 4.79 Å². The zero-order valence-corrected chi connectivity index (χ0v) is 18.6. The number of hydrogen-bond donors (Lipinski definition) is 2. The quantitative estimate of drug-likeness (QED) is 0.392. The van der Waals surface area contributed by atoms with Crippen LogP contribution in [0.25, 0.3) is 10.8 Å². The minimum atomic E-state index is -0.194. The van der Waals surface area contributed by atoms with Gasteiger partial charge in [-0.05, 0) is 52.4 Å². The SMILES string of the molecule is Cl.N[C@@]1(Cc2ccc3ccccc3c2)C[C@H]1c1ccc(NC(=O)Cc2ccccc2)cc1. The second-order valence-corrected chi connectivity index (χ2v) is 8.68. The second kappa shape index (κ2) is 9.15. The third-order valence-electron chi connectivity index (χ3n) is 6.27. The van der Waals surface area contributed by atoms with Crippen molar-refractivity contribution in [2.24, 2.45) is 5.73 Å². The van der Waals surface area contributed by atoms with Crippen LogP contribution in [0.1, 0.15) is 29.0 Å². The van der Waals surface area contributed by atoms with E-state index in [1.807, 2.05) is 42.5 Å². The van der Waals surface area contributed by atoms with Gasteiger partial charge in [-0.1, -0.05) is 84.9 Å². The van der Waals surface area contributed by atoms with E-state index in [9.17, 15) is 4.79 Å². The molecule has 3 nitrogen and oxygen atoms in total. The number of carbonyl (C=O) groups excluding carboxylic acids is 1. The molecule has 1 amide bonds. The van der Waals surface area contributed by atoms with Gasteiger partial charge in [0, 0.05) is 17.1 Å². The second-order valence-electron chi connectivity index (χ2n) is 8.68. The molecule has 0 unspecified atom stereocenters. The minimum absolute atomic E-state index is 0. The van der Waals surface area contributed by atoms with Gasteiger partial charge in [0.2, 0.25) is 5.91 Å². The van der Waals surface area contributed by atoms with E-state index in [1.165, 1.54) is 21.9 Å². The molecule has 1 fully saturated rings.